The number of nitrogens with one attached hydrogen (secondary N) is 1. The highest BCUT2D eigenvalue weighted by Crippen LogP contribution is 2.26. The Morgan fingerprint density at radius 2 is 1.75 bits per heavy atom. The molecule has 0 saturated heterocycles. The van der Waals surface area contributed by atoms with Crippen molar-refractivity contribution in [1.29, 1.82) is 0 Å². The molecule has 0 radical (unpaired) electrons. The molecule has 0 heterocycles. The molecule has 0 atom stereocenters. The molecule has 0 aliphatic heterocycles. The van der Waals surface area contributed by atoms with E-state index in [0.29, 0.717) is 0 Å². The van der Waals surface area contributed by atoms with E-state index in [9.17, 15) is 0 Å². The molecule has 0 bridgehead atoms. The summed E-state index contributed by atoms with van der Waals surface area (Å²) in [7, 11) is 0. The molecule has 0 fully saturated rings. The summed E-state index contributed by atoms with van der Waals surface area (Å²) < 4.78 is 3.14. The minimum atomic E-state index is -0.218. The van der Waals surface area contributed by atoms with Crippen molar-refractivity contribution in [2.75, 3.05) is 0 Å². The van der Waals surface area contributed by atoms with E-state index in [1.54, 1.807) is 0 Å². The van der Waals surface area contributed by atoms with Crippen molar-refractivity contribution in [2.24, 2.45) is 5.73 Å². The summed E-state index contributed by atoms with van der Waals surface area (Å²) in [6, 6.07) is 8.44. The summed E-state index contributed by atoms with van der Waals surface area (Å²) in [5.41, 5.74) is 8.63. The van der Waals surface area contributed by atoms with Gasteiger partial charge in [0.05, 0.1) is 5.66 Å². The number of halogens is 1. The van der Waals surface area contributed by atoms with Crippen molar-refractivity contribution in [3.8, 4) is 0 Å². The van der Waals surface area contributed by atoms with Crippen LogP contribution in [0.15, 0.2) is 24.3 Å². The SMILES string of the molecule is NC1(NI)Cc2ccccc2C1. The molecule has 1 aliphatic rings. The number of nitrogens with two attached hydrogens (primary N) is 1. The zero-order chi connectivity index (χ0) is 8.60. The third-order valence-corrected chi connectivity index (χ3v) is 3.39. The number of rotatable bonds is 1. The predicted octanol–water partition coefficient (Wildman–Crippen LogP) is 1.38. The summed E-state index contributed by atoms with van der Waals surface area (Å²) in [6.07, 6.45) is 1.87. The molecule has 0 saturated carbocycles. The van der Waals surface area contributed by atoms with Gasteiger partial charge in [0.1, 0.15) is 0 Å². The molecule has 1 aliphatic carbocycles. The zero-order valence-electron chi connectivity index (χ0n) is 6.68. The fourth-order valence-electron chi connectivity index (χ4n) is 1.71. The standard InChI is InChI=1S/C9H11IN2/c10-12-9(11)5-7-3-1-2-4-8(7)6-9/h1-4,12H,5-6,11H2. The maximum Gasteiger partial charge on any atom is 0.0829 e. The third-order valence-electron chi connectivity index (χ3n) is 2.32. The lowest BCUT2D eigenvalue weighted by molar-refractivity contribution is 0.446. The number of benzene rings is 1. The topological polar surface area (TPSA) is 38.0 Å². The van der Waals surface area contributed by atoms with E-state index in [1.165, 1.54) is 11.1 Å². The highest BCUT2D eigenvalue weighted by Gasteiger charge is 2.31. The van der Waals surface area contributed by atoms with Gasteiger partial charge < -0.3 is 5.73 Å². The van der Waals surface area contributed by atoms with Crippen LogP contribution in [-0.4, -0.2) is 5.66 Å². The van der Waals surface area contributed by atoms with Gasteiger partial charge >= 0.3 is 0 Å². The minimum Gasteiger partial charge on any atom is -0.312 e. The van der Waals surface area contributed by atoms with E-state index < -0.39 is 0 Å². The van der Waals surface area contributed by atoms with E-state index in [4.69, 9.17) is 5.73 Å². The number of hydrogen-bond acceptors (Lipinski definition) is 2. The Hall–Kier alpha value is -0.130. The summed E-state index contributed by atoms with van der Waals surface area (Å²) in [5.74, 6) is 0. The molecule has 0 aromatic heterocycles. The molecule has 3 N–H and O–H groups in total. The Labute approximate surface area is 86.0 Å². The van der Waals surface area contributed by atoms with Crippen LogP contribution in [0, 0.1) is 0 Å². The summed E-state index contributed by atoms with van der Waals surface area (Å²) in [5, 5.41) is 0. The van der Waals surface area contributed by atoms with Crippen molar-refractivity contribution in [3.63, 3.8) is 0 Å². The smallest absolute Gasteiger partial charge is 0.0829 e. The van der Waals surface area contributed by atoms with Gasteiger partial charge in [-0.2, -0.15) is 0 Å². The molecule has 0 spiro atoms. The predicted molar refractivity (Wildman–Crippen MR) is 57.9 cm³/mol. The highest BCUT2D eigenvalue weighted by molar-refractivity contribution is 14.1. The van der Waals surface area contributed by atoms with Crippen molar-refractivity contribution in [1.82, 2.24) is 3.53 Å². The molecule has 0 unspecified atom stereocenters. The first-order valence-electron chi connectivity index (χ1n) is 3.97. The van der Waals surface area contributed by atoms with Gasteiger partial charge in [-0.25, -0.2) is 3.53 Å². The van der Waals surface area contributed by atoms with Gasteiger partial charge in [0.2, 0.25) is 0 Å². The van der Waals surface area contributed by atoms with E-state index in [0.717, 1.165) is 12.8 Å². The maximum atomic E-state index is 6.09. The molecule has 12 heavy (non-hydrogen) atoms. The van der Waals surface area contributed by atoms with Crippen LogP contribution < -0.4 is 9.26 Å². The Bertz CT molecular complexity index is 273. The van der Waals surface area contributed by atoms with Crippen molar-refractivity contribution in [2.45, 2.75) is 18.5 Å². The monoisotopic (exact) mass is 274 g/mol. The first-order chi connectivity index (χ1) is 5.73. The largest absolute Gasteiger partial charge is 0.312 e. The Morgan fingerprint density at radius 3 is 2.17 bits per heavy atom. The van der Waals surface area contributed by atoms with Crippen LogP contribution in [0.1, 0.15) is 11.1 Å². The van der Waals surface area contributed by atoms with Gasteiger partial charge in [-0.05, 0) is 11.1 Å². The van der Waals surface area contributed by atoms with Gasteiger partial charge in [0.15, 0.2) is 0 Å². The van der Waals surface area contributed by atoms with E-state index >= 15 is 0 Å². The molecular weight excluding hydrogens is 263 g/mol. The molecule has 3 heteroatoms. The van der Waals surface area contributed by atoms with Crippen LogP contribution in [0.25, 0.3) is 0 Å². The average molecular weight is 274 g/mol. The van der Waals surface area contributed by atoms with Crippen LogP contribution in [0.4, 0.5) is 0 Å². The number of fused-ring (bicyclic) bond motifs is 1. The lowest BCUT2D eigenvalue weighted by Gasteiger charge is -2.20. The quantitative estimate of drug-likeness (QED) is 0.461. The lowest BCUT2D eigenvalue weighted by atomic mass is 10.1. The summed E-state index contributed by atoms with van der Waals surface area (Å²) in [6.45, 7) is 0. The molecule has 1 aromatic rings. The second kappa shape index (κ2) is 2.97. The van der Waals surface area contributed by atoms with Crippen LogP contribution in [0.2, 0.25) is 0 Å². The third kappa shape index (κ3) is 1.36. The fourth-order valence-corrected chi connectivity index (χ4v) is 2.09. The number of hydrogen-bond donors (Lipinski definition) is 2. The fraction of sp³-hybridized carbons (Fsp3) is 0.333. The zero-order valence-corrected chi connectivity index (χ0v) is 8.84. The second-order valence-corrected chi connectivity index (χ2v) is 3.91. The maximum absolute atomic E-state index is 6.09. The first-order valence-corrected chi connectivity index (χ1v) is 5.05. The molecular formula is C9H11IN2. The minimum absolute atomic E-state index is 0.218. The van der Waals surface area contributed by atoms with Crippen molar-refractivity contribution >= 4 is 22.9 Å². The van der Waals surface area contributed by atoms with Crippen LogP contribution >= 0.6 is 22.9 Å². The van der Waals surface area contributed by atoms with Crippen LogP contribution in [-0.2, 0) is 12.8 Å². The Kier molecular flexibility index (Phi) is 2.10. The highest BCUT2D eigenvalue weighted by atomic mass is 127. The average Bonchev–Trinajstić information content (AvgIpc) is 2.42. The van der Waals surface area contributed by atoms with Crippen LogP contribution in [0.3, 0.4) is 0 Å². The van der Waals surface area contributed by atoms with Crippen molar-refractivity contribution in [3.05, 3.63) is 35.4 Å². The van der Waals surface area contributed by atoms with Crippen molar-refractivity contribution < 1.29 is 0 Å². The summed E-state index contributed by atoms with van der Waals surface area (Å²) >= 11 is 2.13. The van der Waals surface area contributed by atoms with Gasteiger partial charge in [-0.15, -0.1) is 0 Å². The normalized spacial score (nSPS) is 19.2. The van der Waals surface area contributed by atoms with Gasteiger partial charge in [0.25, 0.3) is 0 Å². The molecule has 2 rings (SSSR count). The van der Waals surface area contributed by atoms with E-state index in [2.05, 4.69) is 50.7 Å². The van der Waals surface area contributed by atoms with E-state index in [-0.39, 0.29) is 5.66 Å². The van der Waals surface area contributed by atoms with Gasteiger partial charge in [-0.3, -0.25) is 0 Å². The van der Waals surface area contributed by atoms with Gasteiger partial charge in [0, 0.05) is 35.7 Å². The van der Waals surface area contributed by atoms with Crippen LogP contribution in [0.5, 0.6) is 0 Å². The Morgan fingerprint density at radius 1 is 1.25 bits per heavy atom. The Balaban J connectivity index is 2.33. The molecule has 1 aromatic carbocycles. The lowest BCUT2D eigenvalue weighted by Crippen LogP contribution is -2.49. The second-order valence-electron chi connectivity index (χ2n) is 3.37. The molecule has 2 nitrogen and oxygen atoms in total. The summed E-state index contributed by atoms with van der Waals surface area (Å²) in [4.78, 5) is 0. The molecule has 0 amide bonds. The van der Waals surface area contributed by atoms with Gasteiger partial charge in [-0.1, -0.05) is 24.3 Å². The molecule has 64 valence electrons. The first kappa shape index (κ1) is 8.47. The van der Waals surface area contributed by atoms with E-state index in [1.807, 2.05) is 0 Å².